The van der Waals surface area contributed by atoms with Gasteiger partial charge in [-0.05, 0) is 37.0 Å². The van der Waals surface area contributed by atoms with Crippen molar-refractivity contribution in [3.8, 4) is 0 Å². The summed E-state index contributed by atoms with van der Waals surface area (Å²) in [5, 5.41) is 6.79. The van der Waals surface area contributed by atoms with E-state index in [0.29, 0.717) is 48.2 Å². The summed E-state index contributed by atoms with van der Waals surface area (Å²) in [4.78, 5) is 41.3. The predicted octanol–water partition coefficient (Wildman–Crippen LogP) is 2.14. The van der Waals surface area contributed by atoms with Crippen molar-refractivity contribution in [2.24, 2.45) is 17.8 Å². The molecule has 3 amide bonds. The van der Waals surface area contributed by atoms with Gasteiger partial charge in [-0.3, -0.25) is 24.6 Å². The number of fused-ring (bicyclic) bond motifs is 4. The van der Waals surface area contributed by atoms with Gasteiger partial charge in [0, 0.05) is 42.6 Å². The summed E-state index contributed by atoms with van der Waals surface area (Å²) in [5.41, 5.74) is 0.0118. The molecule has 1 spiro atoms. The fourth-order valence-corrected chi connectivity index (χ4v) is 5.30. The quantitative estimate of drug-likeness (QED) is 0.545. The molecule has 1 aromatic carbocycles. The highest BCUT2D eigenvalue weighted by Gasteiger charge is 2.70. The summed E-state index contributed by atoms with van der Waals surface area (Å²) in [5.74, 6) is -1.83. The minimum Gasteiger partial charge on any atom is -0.385 e. The molecule has 2 saturated heterocycles. The molecular formula is C21H26ClN3O4. The van der Waals surface area contributed by atoms with Crippen LogP contribution in [0, 0.1) is 17.8 Å². The van der Waals surface area contributed by atoms with Crippen LogP contribution in [0.1, 0.15) is 32.3 Å². The van der Waals surface area contributed by atoms with Gasteiger partial charge in [0.15, 0.2) is 0 Å². The average Bonchev–Trinajstić information content (AvgIpc) is 3.22. The largest absolute Gasteiger partial charge is 0.385 e. The van der Waals surface area contributed by atoms with Crippen LogP contribution < -0.4 is 10.6 Å². The third kappa shape index (κ3) is 2.98. The second-order valence-corrected chi connectivity index (χ2v) is 8.95. The molecule has 2 N–H and O–H groups in total. The molecule has 0 saturated carbocycles. The number of anilines is 1. The molecule has 3 heterocycles. The van der Waals surface area contributed by atoms with E-state index in [-0.39, 0.29) is 23.8 Å². The van der Waals surface area contributed by atoms with Crippen molar-refractivity contribution in [1.82, 2.24) is 10.2 Å². The van der Waals surface area contributed by atoms with Gasteiger partial charge < -0.3 is 10.1 Å². The standard InChI is InChI=1S/C21H26ClN3O4/c1-11(2)9-15-16-17(19(27)25(18(16)26)7-4-8-29-3)21(24-15)13-10-12(22)5-6-14(13)23-20(21)28/h5-6,10-11,15-17,24H,4,7-9H2,1-3H3,(H,23,28)/t15-,16-,17+,21-/m1/s1. The Labute approximate surface area is 175 Å². The highest BCUT2D eigenvalue weighted by atomic mass is 35.5. The lowest BCUT2D eigenvalue weighted by Gasteiger charge is -2.30. The number of amides is 3. The van der Waals surface area contributed by atoms with Crippen molar-refractivity contribution in [3.63, 3.8) is 0 Å². The SMILES string of the molecule is COCCCN1C(=O)[C@H]2[C@@H](C1=O)[C@@]1(N[C@@H]2CC(C)C)C(=O)Nc2ccc(Cl)cc21. The lowest BCUT2D eigenvalue weighted by Crippen LogP contribution is -2.53. The van der Waals surface area contributed by atoms with Gasteiger partial charge in [0.25, 0.3) is 0 Å². The van der Waals surface area contributed by atoms with Crippen molar-refractivity contribution >= 4 is 35.0 Å². The van der Waals surface area contributed by atoms with Crippen LogP contribution in [0.25, 0.3) is 0 Å². The Kier molecular flexibility index (Phi) is 5.17. The first kappa shape index (κ1) is 20.3. The molecule has 0 bridgehead atoms. The van der Waals surface area contributed by atoms with Gasteiger partial charge >= 0.3 is 0 Å². The molecule has 8 heteroatoms. The fraction of sp³-hybridized carbons (Fsp3) is 0.571. The molecule has 156 valence electrons. The number of nitrogens with one attached hydrogen (secondary N) is 2. The number of imide groups is 1. The van der Waals surface area contributed by atoms with E-state index in [9.17, 15) is 14.4 Å². The van der Waals surface area contributed by atoms with Crippen molar-refractivity contribution < 1.29 is 19.1 Å². The topological polar surface area (TPSA) is 87.7 Å². The van der Waals surface area contributed by atoms with E-state index in [0.717, 1.165) is 0 Å². The summed E-state index contributed by atoms with van der Waals surface area (Å²) in [7, 11) is 1.59. The van der Waals surface area contributed by atoms with Crippen molar-refractivity contribution in [3.05, 3.63) is 28.8 Å². The third-order valence-corrected chi connectivity index (χ3v) is 6.46. The van der Waals surface area contributed by atoms with Gasteiger partial charge in [0.2, 0.25) is 17.7 Å². The van der Waals surface area contributed by atoms with Crippen LogP contribution in [0.4, 0.5) is 5.69 Å². The molecule has 0 unspecified atom stereocenters. The number of likely N-dealkylation sites (tertiary alicyclic amines) is 1. The molecule has 0 aromatic heterocycles. The monoisotopic (exact) mass is 419 g/mol. The number of carbonyl (C=O) groups excluding carboxylic acids is 3. The third-order valence-electron chi connectivity index (χ3n) is 6.22. The Morgan fingerprint density at radius 1 is 1.24 bits per heavy atom. The summed E-state index contributed by atoms with van der Waals surface area (Å²) >= 11 is 6.23. The second kappa shape index (κ2) is 7.38. The lowest BCUT2D eigenvalue weighted by molar-refractivity contribution is -0.143. The first-order valence-corrected chi connectivity index (χ1v) is 10.4. The molecule has 0 radical (unpaired) electrons. The summed E-state index contributed by atoms with van der Waals surface area (Å²) in [6.07, 6.45) is 1.26. The minimum atomic E-state index is -1.27. The summed E-state index contributed by atoms with van der Waals surface area (Å²) in [6, 6.07) is 4.91. The Balaban J connectivity index is 1.79. The van der Waals surface area contributed by atoms with E-state index in [2.05, 4.69) is 24.5 Å². The van der Waals surface area contributed by atoms with Crippen LogP contribution in [0.15, 0.2) is 18.2 Å². The van der Waals surface area contributed by atoms with Gasteiger partial charge in [-0.25, -0.2) is 0 Å². The zero-order valence-corrected chi connectivity index (χ0v) is 17.6. The van der Waals surface area contributed by atoms with E-state index in [1.54, 1.807) is 25.3 Å². The fourth-order valence-electron chi connectivity index (χ4n) is 5.13. The van der Waals surface area contributed by atoms with Crippen molar-refractivity contribution in [1.29, 1.82) is 0 Å². The van der Waals surface area contributed by atoms with E-state index >= 15 is 0 Å². The number of hydrogen-bond acceptors (Lipinski definition) is 5. The van der Waals surface area contributed by atoms with Crippen LogP contribution in [0.2, 0.25) is 5.02 Å². The maximum atomic E-state index is 13.4. The minimum absolute atomic E-state index is 0.200. The van der Waals surface area contributed by atoms with E-state index < -0.39 is 17.4 Å². The number of rotatable bonds is 6. The molecule has 0 aliphatic carbocycles. The smallest absolute Gasteiger partial charge is 0.250 e. The second-order valence-electron chi connectivity index (χ2n) is 8.51. The Morgan fingerprint density at radius 2 is 2.00 bits per heavy atom. The highest BCUT2D eigenvalue weighted by Crippen LogP contribution is 2.54. The van der Waals surface area contributed by atoms with E-state index in [1.165, 1.54) is 4.90 Å². The number of hydrogen-bond donors (Lipinski definition) is 2. The van der Waals surface area contributed by atoms with Gasteiger partial charge in [0.1, 0.15) is 5.54 Å². The molecule has 3 aliphatic heterocycles. The molecule has 4 rings (SSSR count). The van der Waals surface area contributed by atoms with Gasteiger partial charge in [-0.1, -0.05) is 25.4 Å². The van der Waals surface area contributed by atoms with Crippen LogP contribution in [-0.2, 0) is 24.7 Å². The Morgan fingerprint density at radius 3 is 2.69 bits per heavy atom. The first-order valence-electron chi connectivity index (χ1n) is 10.0. The zero-order chi connectivity index (χ0) is 20.9. The summed E-state index contributed by atoms with van der Waals surface area (Å²) in [6.45, 7) is 4.90. The Bertz CT molecular complexity index is 873. The maximum Gasteiger partial charge on any atom is 0.250 e. The zero-order valence-electron chi connectivity index (χ0n) is 16.8. The van der Waals surface area contributed by atoms with Crippen LogP contribution >= 0.6 is 11.6 Å². The number of nitrogens with zero attached hydrogens (tertiary/aromatic N) is 1. The van der Waals surface area contributed by atoms with Gasteiger partial charge in [-0.15, -0.1) is 0 Å². The molecule has 1 aromatic rings. The van der Waals surface area contributed by atoms with Crippen LogP contribution in [0.5, 0.6) is 0 Å². The van der Waals surface area contributed by atoms with Crippen molar-refractivity contribution in [2.45, 2.75) is 38.3 Å². The number of benzene rings is 1. The highest BCUT2D eigenvalue weighted by molar-refractivity contribution is 6.31. The molecule has 2 fully saturated rings. The first-order chi connectivity index (χ1) is 13.8. The normalized spacial score (nSPS) is 30.4. The Hall–Kier alpha value is -1.96. The van der Waals surface area contributed by atoms with Crippen molar-refractivity contribution in [2.75, 3.05) is 25.6 Å². The van der Waals surface area contributed by atoms with Gasteiger partial charge in [0.05, 0.1) is 11.8 Å². The van der Waals surface area contributed by atoms with E-state index in [1.807, 2.05) is 0 Å². The predicted molar refractivity (Wildman–Crippen MR) is 108 cm³/mol. The average molecular weight is 420 g/mol. The maximum absolute atomic E-state index is 13.4. The lowest BCUT2D eigenvalue weighted by atomic mass is 9.76. The molecule has 7 nitrogen and oxygen atoms in total. The van der Waals surface area contributed by atoms with Crippen LogP contribution in [-0.4, -0.2) is 48.9 Å². The summed E-state index contributed by atoms with van der Waals surface area (Å²) < 4.78 is 5.07. The molecular weight excluding hydrogens is 394 g/mol. The molecule has 3 aliphatic rings. The van der Waals surface area contributed by atoms with Gasteiger partial charge in [-0.2, -0.15) is 0 Å². The molecule has 29 heavy (non-hydrogen) atoms. The van der Waals surface area contributed by atoms with Crippen LogP contribution in [0.3, 0.4) is 0 Å². The number of methoxy groups -OCH3 is 1. The van der Waals surface area contributed by atoms with E-state index in [4.69, 9.17) is 16.3 Å². The molecule has 4 atom stereocenters. The number of carbonyl (C=O) groups is 3. The number of ether oxygens (including phenoxy) is 1. The number of halogens is 1.